The van der Waals surface area contributed by atoms with Gasteiger partial charge in [0.05, 0.1) is 11.5 Å². The van der Waals surface area contributed by atoms with Gasteiger partial charge in [0.25, 0.3) is 0 Å². The van der Waals surface area contributed by atoms with Crippen molar-refractivity contribution in [2.45, 2.75) is 31.7 Å². The molecule has 1 atom stereocenters. The van der Waals surface area contributed by atoms with Crippen LogP contribution in [0.4, 0.5) is 0 Å². The zero-order chi connectivity index (χ0) is 13.8. The second kappa shape index (κ2) is 6.67. The Morgan fingerprint density at radius 3 is 2.39 bits per heavy atom. The van der Waals surface area contributed by atoms with Crippen LogP contribution < -0.4 is 0 Å². The number of nitrogens with zero attached hydrogens (tertiary/aromatic N) is 1. The first-order valence-electron chi connectivity index (χ1n) is 5.99. The van der Waals surface area contributed by atoms with Gasteiger partial charge in [-0.05, 0) is 19.3 Å². The average Bonchev–Trinajstić information content (AvgIpc) is 2.27. The monoisotopic (exact) mass is 361 g/mol. The number of sulfonamides is 1. The molecule has 8 heteroatoms. The molecule has 1 saturated heterocycles. The molecule has 0 amide bonds. The Kier molecular flexibility index (Phi) is 6.08. The third-order valence-electron chi connectivity index (χ3n) is 3.08. The predicted molar refractivity (Wildman–Crippen MR) is 76.3 cm³/mol. The Balaban J connectivity index is 2.74. The summed E-state index contributed by atoms with van der Waals surface area (Å²) in [5, 5.41) is 0.760. The minimum atomic E-state index is -3.45. The lowest BCUT2D eigenvalue weighted by molar-refractivity contribution is 0.248. The van der Waals surface area contributed by atoms with Crippen LogP contribution in [0.25, 0.3) is 0 Å². The van der Waals surface area contributed by atoms with Crippen molar-refractivity contribution in [3.05, 3.63) is 0 Å². The number of hydrogen-bond donors (Lipinski definition) is 0. The lowest BCUT2D eigenvalue weighted by Crippen LogP contribution is -2.45. The molecule has 0 saturated carbocycles. The van der Waals surface area contributed by atoms with Gasteiger partial charge in [-0.1, -0.05) is 22.4 Å². The van der Waals surface area contributed by atoms with E-state index in [1.165, 1.54) is 4.31 Å². The maximum Gasteiger partial charge on any atom is 0.215 e. The molecule has 1 rings (SSSR count). The summed E-state index contributed by atoms with van der Waals surface area (Å²) in [7, 11) is -6.70. The van der Waals surface area contributed by atoms with Gasteiger partial charge in [0.2, 0.25) is 10.0 Å². The van der Waals surface area contributed by atoms with Crippen molar-refractivity contribution in [1.82, 2.24) is 4.31 Å². The number of sulfone groups is 1. The Labute approximate surface area is 118 Å². The summed E-state index contributed by atoms with van der Waals surface area (Å²) in [5.74, 6) is -0.600. The van der Waals surface area contributed by atoms with Gasteiger partial charge in [0.15, 0.2) is 0 Å². The normalized spacial score (nSPS) is 23.1. The number of alkyl halides is 1. The molecular weight excluding hydrogens is 342 g/mol. The van der Waals surface area contributed by atoms with Gasteiger partial charge in [0, 0.05) is 24.2 Å². The molecule has 1 unspecified atom stereocenters. The Morgan fingerprint density at radius 1 is 1.17 bits per heavy atom. The zero-order valence-corrected chi connectivity index (χ0v) is 13.7. The molecule has 1 aliphatic rings. The van der Waals surface area contributed by atoms with Crippen LogP contribution in [0.2, 0.25) is 0 Å². The highest BCUT2D eigenvalue weighted by molar-refractivity contribution is 9.09. The van der Waals surface area contributed by atoms with E-state index >= 15 is 0 Å². The smallest absolute Gasteiger partial charge is 0.215 e. The summed E-state index contributed by atoms with van der Waals surface area (Å²) < 4.78 is 48.0. The van der Waals surface area contributed by atoms with E-state index in [-0.39, 0.29) is 17.5 Å². The van der Waals surface area contributed by atoms with E-state index < -0.39 is 19.9 Å². The Bertz CT molecular complexity index is 458. The molecule has 0 spiro atoms. The fraction of sp³-hybridized carbons (Fsp3) is 1.00. The Morgan fingerprint density at radius 2 is 1.83 bits per heavy atom. The molecule has 0 aromatic heterocycles. The Hall–Kier alpha value is 0.340. The van der Waals surface area contributed by atoms with E-state index in [0.29, 0.717) is 6.54 Å². The van der Waals surface area contributed by atoms with Gasteiger partial charge >= 0.3 is 0 Å². The third-order valence-corrected chi connectivity index (χ3v) is 6.66. The van der Waals surface area contributed by atoms with Gasteiger partial charge in [-0.25, -0.2) is 16.8 Å². The summed E-state index contributed by atoms with van der Waals surface area (Å²) >= 11 is 3.33. The van der Waals surface area contributed by atoms with Crippen molar-refractivity contribution >= 4 is 35.8 Å². The molecule has 1 aliphatic heterocycles. The molecule has 0 N–H and O–H groups in total. The van der Waals surface area contributed by atoms with E-state index in [1.807, 2.05) is 0 Å². The minimum absolute atomic E-state index is 0.0164. The quantitative estimate of drug-likeness (QED) is 0.661. The summed E-state index contributed by atoms with van der Waals surface area (Å²) in [6, 6.07) is 0.0164. The molecule has 18 heavy (non-hydrogen) atoms. The maximum atomic E-state index is 12.2. The second-order valence-electron chi connectivity index (χ2n) is 4.68. The number of rotatable bonds is 6. The molecule has 0 radical (unpaired) electrons. The van der Waals surface area contributed by atoms with Crippen LogP contribution in [-0.2, 0) is 19.9 Å². The van der Waals surface area contributed by atoms with Crippen molar-refractivity contribution in [3.63, 3.8) is 0 Å². The predicted octanol–water partition coefficient (Wildman–Crippen LogP) is 1.00. The average molecular weight is 362 g/mol. The van der Waals surface area contributed by atoms with Crippen LogP contribution in [-0.4, -0.2) is 56.8 Å². The summed E-state index contributed by atoms with van der Waals surface area (Å²) in [6.07, 6.45) is 4.60. The van der Waals surface area contributed by atoms with Crippen molar-refractivity contribution in [2.75, 3.05) is 29.6 Å². The molecule has 1 heterocycles. The summed E-state index contributed by atoms with van der Waals surface area (Å²) in [5.41, 5.74) is 0. The first kappa shape index (κ1) is 16.4. The maximum absolute atomic E-state index is 12.2. The van der Waals surface area contributed by atoms with Gasteiger partial charge in [-0.15, -0.1) is 0 Å². The number of hydrogen-bond acceptors (Lipinski definition) is 4. The van der Waals surface area contributed by atoms with Crippen LogP contribution in [0.15, 0.2) is 0 Å². The van der Waals surface area contributed by atoms with Crippen molar-refractivity contribution in [3.8, 4) is 0 Å². The van der Waals surface area contributed by atoms with E-state index in [1.54, 1.807) is 0 Å². The highest BCUT2D eigenvalue weighted by atomic mass is 79.9. The fourth-order valence-corrected chi connectivity index (χ4v) is 6.02. The van der Waals surface area contributed by atoms with Crippen LogP contribution in [0.5, 0.6) is 0 Å². The van der Waals surface area contributed by atoms with Crippen LogP contribution in [0, 0.1) is 0 Å². The molecule has 0 bridgehead atoms. The summed E-state index contributed by atoms with van der Waals surface area (Å²) in [4.78, 5) is 0. The van der Waals surface area contributed by atoms with Gasteiger partial charge in [-0.3, -0.25) is 0 Å². The molecule has 1 fully saturated rings. The molecular formula is C10H20BrNO4S2. The molecule has 0 aliphatic carbocycles. The van der Waals surface area contributed by atoms with Crippen molar-refractivity contribution in [1.29, 1.82) is 0 Å². The van der Waals surface area contributed by atoms with Crippen LogP contribution >= 0.6 is 15.9 Å². The standard InChI is InChI=1S/C10H20BrNO4S2/c1-17(13,14)8-9-18(15,16)12-7-3-2-4-10(12)5-6-11/h10H,2-9H2,1H3. The minimum Gasteiger partial charge on any atom is -0.229 e. The molecule has 0 aromatic rings. The van der Waals surface area contributed by atoms with Gasteiger partial charge in [0.1, 0.15) is 9.84 Å². The van der Waals surface area contributed by atoms with Crippen LogP contribution in [0.3, 0.4) is 0 Å². The van der Waals surface area contributed by atoms with E-state index in [0.717, 1.165) is 37.3 Å². The van der Waals surface area contributed by atoms with Gasteiger partial charge < -0.3 is 0 Å². The topological polar surface area (TPSA) is 71.5 Å². The van der Waals surface area contributed by atoms with E-state index in [2.05, 4.69) is 15.9 Å². The number of halogens is 1. The van der Waals surface area contributed by atoms with E-state index in [9.17, 15) is 16.8 Å². The van der Waals surface area contributed by atoms with E-state index in [4.69, 9.17) is 0 Å². The molecule has 5 nitrogen and oxygen atoms in total. The SMILES string of the molecule is CS(=O)(=O)CCS(=O)(=O)N1CCCCC1CCBr. The molecule has 0 aromatic carbocycles. The lowest BCUT2D eigenvalue weighted by atomic mass is 10.0. The van der Waals surface area contributed by atoms with Crippen molar-refractivity contribution < 1.29 is 16.8 Å². The first-order chi connectivity index (χ1) is 8.26. The highest BCUT2D eigenvalue weighted by Crippen LogP contribution is 2.23. The van der Waals surface area contributed by atoms with Crippen molar-refractivity contribution in [2.24, 2.45) is 0 Å². The molecule has 108 valence electrons. The number of piperidine rings is 1. The fourth-order valence-electron chi connectivity index (χ4n) is 2.13. The second-order valence-corrected chi connectivity index (χ2v) is 9.78. The largest absolute Gasteiger partial charge is 0.229 e. The zero-order valence-electron chi connectivity index (χ0n) is 10.5. The first-order valence-corrected chi connectivity index (χ1v) is 10.8. The lowest BCUT2D eigenvalue weighted by Gasteiger charge is -2.34. The highest BCUT2D eigenvalue weighted by Gasteiger charge is 2.32. The van der Waals surface area contributed by atoms with Crippen LogP contribution in [0.1, 0.15) is 25.7 Å². The van der Waals surface area contributed by atoms with Gasteiger partial charge in [-0.2, -0.15) is 4.31 Å². The summed E-state index contributed by atoms with van der Waals surface area (Å²) in [6.45, 7) is 0.518. The third kappa shape index (κ3) is 5.14.